The van der Waals surface area contributed by atoms with E-state index in [4.69, 9.17) is 15.3 Å². The molecule has 1 unspecified atom stereocenters. The lowest BCUT2D eigenvalue weighted by Crippen LogP contribution is -2.57. The molecule has 1 saturated heterocycles. The molecule has 1 aliphatic carbocycles. The first-order chi connectivity index (χ1) is 7.30. The van der Waals surface area contributed by atoms with Crippen LogP contribution in [0.4, 0.5) is 0 Å². The van der Waals surface area contributed by atoms with Gasteiger partial charge in [-0.05, 0) is 12.3 Å². The fraction of sp³-hybridized carbons (Fsp3) is 1.00. The summed E-state index contributed by atoms with van der Waals surface area (Å²) in [6.45, 7) is 1.58. The van der Waals surface area contributed by atoms with Gasteiger partial charge in [0.2, 0.25) is 0 Å². The normalized spacial score (nSPS) is 27.6. The maximum absolute atomic E-state index is 5.74. The Morgan fingerprint density at radius 2 is 2.13 bits per heavy atom. The second-order valence-corrected chi connectivity index (χ2v) is 4.78. The SMILES string of the molecule is COC1(C(CC2CC2)NN)CCOCC1. The molecule has 1 heterocycles. The number of hydrogen-bond donors (Lipinski definition) is 2. The quantitative estimate of drug-likeness (QED) is 0.525. The lowest BCUT2D eigenvalue weighted by molar-refractivity contribution is -0.112. The summed E-state index contributed by atoms with van der Waals surface area (Å²) < 4.78 is 11.1. The maximum Gasteiger partial charge on any atom is 0.0888 e. The molecule has 0 radical (unpaired) electrons. The van der Waals surface area contributed by atoms with Gasteiger partial charge in [0.25, 0.3) is 0 Å². The van der Waals surface area contributed by atoms with Gasteiger partial charge in [-0.15, -0.1) is 0 Å². The van der Waals surface area contributed by atoms with E-state index in [-0.39, 0.29) is 11.6 Å². The van der Waals surface area contributed by atoms with Gasteiger partial charge < -0.3 is 9.47 Å². The van der Waals surface area contributed by atoms with Gasteiger partial charge in [0, 0.05) is 33.2 Å². The van der Waals surface area contributed by atoms with Crippen LogP contribution in [0.1, 0.15) is 32.1 Å². The number of ether oxygens (including phenoxy) is 2. The zero-order valence-electron chi connectivity index (χ0n) is 9.50. The van der Waals surface area contributed by atoms with E-state index in [0.717, 1.165) is 38.4 Å². The molecule has 2 aliphatic rings. The van der Waals surface area contributed by atoms with Crippen molar-refractivity contribution in [2.24, 2.45) is 11.8 Å². The zero-order valence-corrected chi connectivity index (χ0v) is 9.50. The Balaban J connectivity index is 1.99. The molecule has 0 aromatic rings. The van der Waals surface area contributed by atoms with Crippen LogP contribution >= 0.6 is 0 Å². The third-order valence-corrected chi connectivity index (χ3v) is 3.85. The summed E-state index contributed by atoms with van der Waals surface area (Å²) in [5, 5.41) is 0. The van der Waals surface area contributed by atoms with Gasteiger partial charge in [-0.2, -0.15) is 0 Å². The molecule has 3 N–H and O–H groups in total. The average molecular weight is 214 g/mol. The molecule has 0 bridgehead atoms. The highest BCUT2D eigenvalue weighted by atomic mass is 16.5. The first kappa shape index (κ1) is 11.3. The Morgan fingerprint density at radius 3 is 2.60 bits per heavy atom. The molecule has 15 heavy (non-hydrogen) atoms. The van der Waals surface area contributed by atoms with E-state index in [9.17, 15) is 0 Å². The van der Waals surface area contributed by atoms with Crippen molar-refractivity contribution < 1.29 is 9.47 Å². The summed E-state index contributed by atoms with van der Waals surface area (Å²) in [4.78, 5) is 0. The van der Waals surface area contributed by atoms with Crippen LogP contribution in [0.15, 0.2) is 0 Å². The molecule has 1 atom stereocenters. The Hall–Kier alpha value is -0.160. The van der Waals surface area contributed by atoms with Crippen LogP contribution in [0, 0.1) is 5.92 Å². The molecule has 0 aromatic heterocycles. The summed E-state index contributed by atoms with van der Waals surface area (Å²) in [5.74, 6) is 6.53. The van der Waals surface area contributed by atoms with Crippen LogP contribution in [0.25, 0.3) is 0 Å². The predicted molar refractivity (Wildman–Crippen MR) is 58.2 cm³/mol. The van der Waals surface area contributed by atoms with Crippen molar-refractivity contribution in [2.75, 3.05) is 20.3 Å². The molecular formula is C11H22N2O2. The van der Waals surface area contributed by atoms with Gasteiger partial charge in [-0.25, -0.2) is 0 Å². The Morgan fingerprint density at radius 1 is 1.47 bits per heavy atom. The summed E-state index contributed by atoms with van der Waals surface area (Å²) in [5.41, 5.74) is 2.85. The number of nitrogens with two attached hydrogens (primary N) is 1. The molecule has 4 nitrogen and oxygen atoms in total. The molecular weight excluding hydrogens is 192 g/mol. The molecule has 4 heteroatoms. The number of hydrazine groups is 1. The van der Waals surface area contributed by atoms with Crippen molar-refractivity contribution in [2.45, 2.75) is 43.7 Å². The third kappa shape index (κ3) is 2.50. The second kappa shape index (κ2) is 4.78. The standard InChI is InChI=1S/C11H22N2O2/c1-14-11(4-6-15-7-5-11)10(13-12)8-9-2-3-9/h9-10,13H,2-8,12H2,1H3. The Labute approximate surface area is 91.5 Å². The van der Waals surface area contributed by atoms with Crippen LogP contribution < -0.4 is 11.3 Å². The van der Waals surface area contributed by atoms with Gasteiger partial charge in [0.15, 0.2) is 0 Å². The van der Waals surface area contributed by atoms with Crippen molar-refractivity contribution in [1.29, 1.82) is 0 Å². The topological polar surface area (TPSA) is 56.5 Å². The highest BCUT2D eigenvalue weighted by Gasteiger charge is 2.42. The monoisotopic (exact) mass is 214 g/mol. The minimum atomic E-state index is -0.102. The minimum absolute atomic E-state index is 0.102. The lowest BCUT2D eigenvalue weighted by Gasteiger charge is -2.42. The number of methoxy groups -OCH3 is 1. The van der Waals surface area contributed by atoms with E-state index >= 15 is 0 Å². The molecule has 1 saturated carbocycles. The Bertz CT molecular complexity index is 201. The van der Waals surface area contributed by atoms with Crippen LogP contribution in [-0.2, 0) is 9.47 Å². The van der Waals surface area contributed by atoms with Crippen molar-refractivity contribution in [3.05, 3.63) is 0 Å². The van der Waals surface area contributed by atoms with Crippen LogP contribution in [0.3, 0.4) is 0 Å². The molecule has 2 fully saturated rings. The van der Waals surface area contributed by atoms with Crippen LogP contribution in [-0.4, -0.2) is 32.0 Å². The largest absolute Gasteiger partial charge is 0.381 e. The van der Waals surface area contributed by atoms with Gasteiger partial charge in [-0.3, -0.25) is 11.3 Å². The number of nitrogens with one attached hydrogen (secondary N) is 1. The fourth-order valence-corrected chi connectivity index (χ4v) is 2.53. The van der Waals surface area contributed by atoms with E-state index in [0.29, 0.717) is 0 Å². The Kier molecular flexibility index (Phi) is 3.61. The number of hydrogen-bond acceptors (Lipinski definition) is 4. The highest BCUT2D eigenvalue weighted by Crippen LogP contribution is 2.38. The van der Waals surface area contributed by atoms with Crippen molar-refractivity contribution in [3.8, 4) is 0 Å². The van der Waals surface area contributed by atoms with Gasteiger partial charge >= 0.3 is 0 Å². The van der Waals surface area contributed by atoms with Crippen molar-refractivity contribution >= 4 is 0 Å². The lowest BCUT2D eigenvalue weighted by atomic mass is 9.83. The van der Waals surface area contributed by atoms with Gasteiger partial charge in [-0.1, -0.05) is 12.8 Å². The van der Waals surface area contributed by atoms with Crippen molar-refractivity contribution in [3.63, 3.8) is 0 Å². The predicted octanol–water partition coefficient (Wildman–Crippen LogP) is 0.814. The van der Waals surface area contributed by atoms with Gasteiger partial charge in [0.1, 0.15) is 0 Å². The summed E-state index contributed by atoms with van der Waals surface area (Å²) in [6.07, 6.45) is 5.75. The van der Waals surface area contributed by atoms with Crippen molar-refractivity contribution in [1.82, 2.24) is 5.43 Å². The average Bonchev–Trinajstić information content (AvgIpc) is 3.10. The van der Waals surface area contributed by atoms with Gasteiger partial charge in [0.05, 0.1) is 11.6 Å². The fourth-order valence-electron chi connectivity index (χ4n) is 2.53. The van der Waals surface area contributed by atoms with E-state index in [1.807, 2.05) is 0 Å². The molecule has 1 aliphatic heterocycles. The highest BCUT2D eigenvalue weighted by molar-refractivity contribution is 4.96. The molecule has 0 aromatic carbocycles. The number of rotatable bonds is 5. The first-order valence-electron chi connectivity index (χ1n) is 5.90. The summed E-state index contributed by atoms with van der Waals surface area (Å²) in [6, 6.07) is 0.277. The minimum Gasteiger partial charge on any atom is -0.381 e. The van der Waals surface area contributed by atoms with Crippen LogP contribution in [0.5, 0.6) is 0 Å². The maximum atomic E-state index is 5.74. The first-order valence-corrected chi connectivity index (χ1v) is 5.90. The molecule has 88 valence electrons. The molecule has 0 spiro atoms. The zero-order chi connectivity index (χ0) is 10.7. The second-order valence-electron chi connectivity index (χ2n) is 4.78. The molecule has 2 rings (SSSR count). The van der Waals surface area contributed by atoms with E-state index in [2.05, 4.69) is 5.43 Å². The van der Waals surface area contributed by atoms with Crippen LogP contribution in [0.2, 0.25) is 0 Å². The van der Waals surface area contributed by atoms with E-state index in [1.54, 1.807) is 7.11 Å². The van der Waals surface area contributed by atoms with E-state index in [1.165, 1.54) is 12.8 Å². The third-order valence-electron chi connectivity index (χ3n) is 3.85. The smallest absolute Gasteiger partial charge is 0.0888 e. The summed E-state index contributed by atoms with van der Waals surface area (Å²) >= 11 is 0. The van der Waals surface area contributed by atoms with E-state index < -0.39 is 0 Å². The summed E-state index contributed by atoms with van der Waals surface area (Å²) in [7, 11) is 1.79. The molecule has 0 amide bonds.